The predicted molar refractivity (Wildman–Crippen MR) is 104 cm³/mol. The van der Waals surface area contributed by atoms with Crippen LogP contribution in [0.5, 0.6) is 5.75 Å². The van der Waals surface area contributed by atoms with Gasteiger partial charge in [0.05, 0.1) is 19.1 Å². The van der Waals surface area contributed by atoms with Crippen molar-refractivity contribution in [3.8, 4) is 5.75 Å². The molecular weight excluding hydrogens is 344 g/mol. The number of methoxy groups -OCH3 is 1. The Morgan fingerprint density at radius 1 is 1.04 bits per heavy atom. The summed E-state index contributed by atoms with van der Waals surface area (Å²) >= 11 is 0. The summed E-state index contributed by atoms with van der Waals surface area (Å²) in [7, 11) is 1.57. The van der Waals surface area contributed by atoms with Crippen LogP contribution in [0.3, 0.4) is 0 Å². The van der Waals surface area contributed by atoms with Crippen LogP contribution in [-0.4, -0.2) is 27.0 Å². The monoisotopic (exact) mass is 366 g/mol. The van der Waals surface area contributed by atoms with Crippen molar-refractivity contribution < 1.29 is 4.74 Å². The lowest BCUT2D eigenvalue weighted by atomic mass is 9.90. The number of H-pyrrole nitrogens is 3. The smallest absolute Gasteiger partial charge is 0.272 e. The number of rotatable bonds is 3. The van der Waals surface area contributed by atoms with Crippen LogP contribution >= 0.6 is 0 Å². The lowest BCUT2D eigenvalue weighted by Gasteiger charge is -2.16. The van der Waals surface area contributed by atoms with Gasteiger partial charge >= 0.3 is 0 Å². The lowest BCUT2D eigenvalue weighted by molar-refractivity contribution is 0.414. The molecule has 0 saturated carbocycles. The van der Waals surface area contributed by atoms with E-state index in [2.05, 4.69) is 19.9 Å². The molecule has 3 aromatic rings. The molecule has 0 aliphatic heterocycles. The van der Waals surface area contributed by atoms with E-state index in [1.807, 2.05) is 32.9 Å². The minimum atomic E-state index is -0.397. The SMILES string of the molecule is COc1cccc(/C=c2\[nH]c(=O)/c(=C\c3nc[nH]c3C(C)(C)C)[nH]c2=O)c1. The van der Waals surface area contributed by atoms with Gasteiger partial charge in [0.15, 0.2) is 0 Å². The average molecular weight is 366 g/mol. The molecular formula is C20H22N4O3. The van der Waals surface area contributed by atoms with Crippen molar-refractivity contribution in [2.24, 2.45) is 0 Å². The number of hydrogen-bond donors (Lipinski definition) is 3. The predicted octanol–water partition coefficient (Wildman–Crippen LogP) is 0.750. The second-order valence-electron chi connectivity index (χ2n) is 7.21. The Hall–Kier alpha value is -3.35. The van der Waals surface area contributed by atoms with Crippen LogP contribution in [0.1, 0.15) is 37.7 Å². The molecule has 0 spiro atoms. The lowest BCUT2D eigenvalue weighted by Crippen LogP contribution is -2.46. The summed E-state index contributed by atoms with van der Waals surface area (Å²) in [6.07, 6.45) is 4.75. The molecule has 0 saturated heterocycles. The van der Waals surface area contributed by atoms with Crippen molar-refractivity contribution >= 4 is 12.2 Å². The Bertz CT molecular complexity index is 1190. The Labute approximate surface area is 155 Å². The maximum absolute atomic E-state index is 12.5. The maximum atomic E-state index is 12.5. The molecule has 0 bridgehead atoms. The van der Waals surface area contributed by atoms with E-state index in [-0.39, 0.29) is 16.1 Å². The number of aromatic amines is 3. The third-order valence-corrected chi connectivity index (χ3v) is 4.09. The van der Waals surface area contributed by atoms with E-state index >= 15 is 0 Å². The number of nitrogens with zero attached hydrogens (tertiary/aromatic N) is 1. The third-order valence-electron chi connectivity index (χ3n) is 4.09. The zero-order valence-corrected chi connectivity index (χ0v) is 15.7. The zero-order valence-electron chi connectivity index (χ0n) is 15.7. The molecule has 0 fully saturated rings. The highest BCUT2D eigenvalue weighted by Gasteiger charge is 2.19. The quantitative estimate of drug-likeness (QED) is 0.636. The average Bonchev–Trinajstić information content (AvgIpc) is 3.08. The molecule has 0 amide bonds. The molecule has 0 radical (unpaired) electrons. The molecule has 2 aromatic heterocycles. The normalized spacial score (nSPS) is 13.2. The zero-order chi connectivity index (χ0) is 19.6. The van der Waals surface area contributed by atoms with Crippen LogP contribution in [0.2, 0.25) is 0 Å². The first-order valence-electron chi connectivity index (χ1n) is 8.52. The van der Waals surface area contributed by atoms with Gasteiger partial charge in [0.2, 0.25) is 0 Å². The minimum absolute atomic E-state index is 0.153. The summed E-state index contributed by atoms with van der Waals surface area (Å²) in [6.45, 7) is 6.12. The molecule has 0 atom stereocenters. The highest BCUT2D eigenvalue weighted by atomic mass is 16.5. The van der Waals surface area contributed by atoms with Gasteiger partial charge in [-0.15, -0.1) is 0 Å². The molecule has 140 valence electrons. The van der Waals surface area contributed by atoms with Gasteiger partial charge in [0.25, 0.3) is 11.1 Å². The molecule has 2 heterocycles. The Balaban J connectivity index is 2.12. The van der Waals surface area contributed by atoms with Gasteiger partial charge in [-0.2, -0.15) is 0 Å². The number of imidazole rings is 1. The largest absolute Gasteiger partial charge is 0.497 e. The summed E-state index contributed by atoms with van der Waals surface area (Å²) in [5.41, 5.74) is 1.29. The van der Waals surface area contributed by atoms with Crippen LogP contribution in [0, 0.1) is 0 Å². The van der Waals surface area contributed by atoms with E-state index in [1.165, 1.54) is 0 Å². The van der Waals surface area contributed by atoms with Crippen LogP contribution in [-0.2, 0) is 5.41 Å². The van der Waals surface area contributed by atoms with Gasteiger partial charge in [-0.05, 0) is 29.8 Å². The van der Waals surface area contributed by atoms with E-state index in [9.17, 15) is 9.59 Å². The molecule has 7 nitrogen and oxygen atoms in total. The molecule has 0 unspecified atom stereocenters. The number of hydrogen-bond acceptors (Lipinski definition) is 4. The summed E-state index contributed by atoms with van der Waals surface area (Å²) in [4.78, 5) is 37.5. The number of benzene rings is 1. The van der Waals surface area contributed by atoms with E-state index in [4.69, 9.17) is 4.74 Å². The standard InChI is InChI=1S/C20H22N4O3/c1-20(2,3)17-14(21-11-22-17)10-16-19(26)23-15(18(25)24-16)9-12-6-5-7-13(8-12)27-4/h5-11H,1-4H3,(H,21,22)(H,23,26)(H,24,25)/b15-9-,16-10+. The van der Waals surface area contributed by atoms with Gasteiger partial charge in [-0.3, -0.25) is 9.59 Å². The molecule has 7 heteroatoms. The van der Waals surface area contributed by atoms with Crippen molar-refractivity contribution in [2.45, 2.75) is 26.2 Å². The fourth-order valence-corrected chi connectivity index (χ4v) is 2.75. The molecule has 27 heavy (non-hydrogen) atoms. The summed E-state index contributed by atoms with van der Waals surface area (Å²) in [5.74, 6) is 0.667. The first-order chi connectivity index (χ1) is 12.8. The fraction of sp³-hybridized carbons (Fsp3) is 0.250. The molecule has 0 aliphatic carbocycles. The van der Waals surface area contributed by atoms with Crippen molar-refractivity contribution in [3.05, 3.63) is 78.9 Å². The molecule has 3 rings (SSSR count). The Morgan fingerprint density at radius 3 is 2.33 bits per heavy atom. The number of ether oxygens (including phenoxy) is 1. The summed E-state index contributed by atoms with van der Waals surface area (Å²) in [5, 5.41) is 0.323. The van der Waals surface area contributed by atoms with Crippen molar-refractivity contribution in [3.63, 3.8) is 0 Å². The van der Waals surface area contributed by atoms with Gasteiger partial charge in [0, 0.05) is 11.1 Å². The molecule has 1 aromatic carbocycles. The van der Waals surface area contributed by atoms with Crippen molar-refractivity contribution in [2.75, 3.05) is 7.11 Å². The highest BCUT2D eigenvalue weighted by molar-refractivity contribution is 5.51. The first-order valence-corrected chi connectivity index (χ1v) is 8.52. The number of aromatic nitrogens is 4. The molecule has 0 aliphatic rings. The van der Waals surface area contributed by atoms with Crippen molar-refractivity contribution in [1.82, 2.24) is 19.9 Å². The van der Waals surface area contributed by atoms with Gasteiger partial charge < -0.3 is 19.7 Å². The maximum Gasteiger partial charge on any atom is 0.272 e. The van der Waals surface area contributed by atoms with Gasteiger partial charge in [-0.25, -0.2) is 4.98 Å². The Morgan fingerprint density at radius 2 is 1.70 bits per heavy atom. The number of nitrogens with one attached hydrogen (secondary N) is 3. The highest BCUT2D eigenvalue weighted by Crippen LogP contribution is 2.22. The van der Waals surface area contributed by atoms with E-state index in [0.29, 0.717) is 11.4 Å². The van der Waals surface area contributed by atoms with E-state index < -0.39 is 11.1 Å². The fourth-order valence-electron chi connectivity index (χ4n) is 2.75. The van der Waals surface area contributed by atoms with Crippen LogP contribution < -0.4 is 26.6 Å². The molecule has 3 N–H and O–H groups in total. The topological polar surface area (TPSA) is 104 Å². The van der Waals surface area contributed by atoms with Gasteiger partial charge in [-0.1, -0.05) is 32.9 Å². The Kier molecular flexibility index (Phi) is 4.85. The van der Waals surface area contributed by atoms with Crippen LogP contribution in [0.15, 0.2) is 40.2 Å². The van der Waals surface area contributed by atoms with Crippen molar-refractivity contribution in [1.29, 1.82) is 0 Å². The van der Waals surface area contributed by atoms with E-state index in [1.54, 1.807) is 37.7 Å². The minimum Gasteiger partial charge on any atom is -0.497 e. The summed E-state index contributed by atoms with van der Waals surface area (Å²) in [6, 6.07) is 7.21. The van der Waals surface area contributed by atoms with E-state index in [0.717, 1.165) is 11.3 Å². The van der Waals surface area contributed by atoms with Crippen LogP contribution in [0.25, 0.3) is 12.2 Å². The third kappa shape index (κ3) is 4.08. The summed E-state index contributed by atoms with van der Waals surface area (Å²) < 4.78 is 5.17. The van der Waals surface area contributed by atoms with Crippen LogP contribution in [0.4, 0.5) is 0 Å². The second kappa shape index (κ2) is 7.11. The second-order valence-corrected chi connectivity index (χ2v) is 7.21. The van der Waals surface area contributed by atoms with Gasteiger partial charge in [0.1, 0.15) is 16.4 Å². The first kappa shape index (κ1) is 18.4.